The van der Waals surface area contributed by atoms with Crippen molar-refractivity contribution in [3.8, 4) is 11.1 Å². The maximum atomic E-state index is 6.14. The Bertz CT molecular complexity index is 642. The van der Waals surface area contributed by atoms with Crippen LogP contribution in [-0.2, 0) is 0 Å². The highest BCUT2D eigenvalue weighted by Gasteiger charge is 2.08. The molecule has 1 nitrogen and oxygen atoms in total. The van der Waals surface area contributed by atoms with E-state index in [1.54, 1.807) is 0 Å². The van der Waals surface area contributed by atoms with Crippen LogP contribution < -0.4 is 0 Å². The average Bonchev–Trinajstić information content (AvgIpc) is 2.51. The van der Waals surface area contributed by atoms with Gasteiger partial charge in [0.25, 0.3) is 0 Å². The molecule has 2 aromatic rings. The molecule has 0 saturated carbocycles. The van der Waals surface area contributed by atoms with E-state index in [1.165, 1.54) is 16.7 Å². The van der Waals surface area contributed by atoms with Crippen LogP contribution >= 0.6 is 11.6 Å². The zero-order valence-corrected chi connectivity index (χ0v) is 13.7. The second-order valence-corrected chi connectivity index (χ2v) is 5.60. The Morgan fingerprint density at radius 3 is 2.48 bits per heavy atom. The van der Waals surface area contributed by atoms with Crippen LogP contribution in [0.4, 0.5) is 0 Å². The molecule has 2 rings (SSSR count). The molecule has 0 bridgehead atoms. The molecule has 0 aromatic heterocycles. The molecule has 2 aromatic carbocycles. The lowest BCUT2D eigenvalue weighted by molar-refractivity contribution is 0.443. The number of benzene rings is 2. The molecule has 110 valence electrons. The highest BCUT2D eigenvalue weighted by molar-refractivity contribution is 6.30. The third kappa shape index (κ3) is 3.48. The Balaban J connectivity index is 2.42. The number of hydrogen-bond donors (Lipinski definition) is 0. The SMILES string of the molecule is C=C(c1cccc(-c2cc(Cl)ccc2C)c1)N(CC)CC. The minimum atomic E-state index is 0.767. The van der Waals surface area contributed by atoms with Crippen molar-refractivity contribution in [3.63, 3.8) is 0 Å². The normalized spacial score (nSPS) is 10.5. The molecule has 0 heterocycles. The summed E-state index contributed by atoms with van der Waals surface area (Å²) in [4.78, 5) is 2.27. The molecule has 21 heavy (non-hydrogen) atoms. The van der Waals surface area contributed by atoms with E-state index in [0.29, 0.717) is 0 Å². The Morgan fingerprint density at radius 2 is 1.81 bits per heavy atom. The molecule has 0 fully saturated rings. The van der Waals surface area contributed by atoms with E-state index in [0.717, 1.165) is 29.4 Å². The average molecular weight is 300 g/mol. The van der Waals surface area contributed by atoms with Gasteiger partial charge in [0.1, 0.15) is 0 Å². The van der Waals surface area contributed by atoms with Crippen molar-refractivity contribution in [1.82, 2.24) is 4.90 Å². The van der Waals surface area contributed by atoms with Crippen molar-refractivity contribution in [2.45, 2.75) is 20.8 Å². The zero-order chi connectivity index (χ0) is 15.4. The molecule has 0 N–H and O–H groups in total. The van der Waals surface area contributed by atoms with Crippen LogP contribution in [0.5, 0.6) is 0 Å². The highest BCUT2D eigenvalue weighted by atomic mass is 35.5. The minimum Gasteiger partial charge on any atom is -0.372 e. The molecule has 2 heteroatoms. The third-order valence-electron chi connectivity index (χ3n) is 3.85. The van der Waals surface area contributed by atoms with E-state index in [1.807, 2.05) is 12.1 Å². The summed E-state index contributed by atoms with van der Waals surface area (Å²) in [5, 5.41) is 0.767. The Morgan fingerprint density at radius 1 is 1.10 bits per heavy atom. The summed E-state index contributed by atoms with van der Waals surface area (Å²) in [6.07, 6.45) is 0. The fourth-order valence-electron chi connectivity index (χ4n) is 2.56. The standard InChI is InChI=1S/C19H22ClN/c1-5-21(6-2)15(4)16-8-7-9-17(12-16)19-13-18(20)11-10-14(19)3/h7-13H,4-6H2,1-3H3. The van der Waals surface area contributed by atoms with Gasteiger partial charge >= 0.3 is 0 Å². The van der Waals surface area contributed by atoms with Gasteiger partial charge in [0.15, 0.2) is 0 Å². The summed E-state index contributed by atoms with van der Waals surface area (Å²) in [6.45, 7) is 12.6. The van der Waals surface area contributed by atoms with E-state index in [4.69, 9.17) is 11.6 Å². The van der Waals surface area contributed by atoms with Crippen LogP contribution in [0.15, 0.2) is 49.0 Å². The molecule has 0 amide bonds. The van der Waals surface area contributed by atoms with Gasteiger partial charge in [0.2, 0.25) is 0 Å². The topological polar surface area (TPSA) is 3.24 Å². The van der Waals surface area contributed by atoms with Crippen molar-refractivity contribution in [2.24, 2.45) is 0 Å². The first-order chi connectivity index (χ1) is 10.1. The predicted molar refractivity (Wildman–Crippen MR) is 93.6 cm³/mol. The van der Waals surface area contributed by atoms with Gasteiger partial charge in [0, 0.05) is 23.8 Å². The van der Waals surface area contributed by atoms with Gasteiger partial charge in [-0.05, 0) is 61.2 Å². The number of rotatable bonds is 5. The predicted octanol–water partition coefficient (Wildman–Crippen LogP) is 5.63. The Hall–Kier alpha value is -1.73. The minimum absolute atomic E-state index is 0.767. The largest absolute Gasteiger partial charge is 0.372 e. The van der Waals surface area contributed by atoms with E-state index < -0.39 is 0 Å². The van der Waals surface area contributed by atoms with Gasteiger partial charge in [-0.1, -0.05) is 42.4 Å². The lowest BCUT2D eigenvalue weighted by Gasteiger charge is -2.24. The second-order valence-electron chi connectivity index (χ2n) is 5.16. The summed E-state index contributed by atoms with van der Waals surface area (Å²) < 4.78 is 0. The Kier molecular flexibility index (Phi) is 5.08. The zero-order valence-electron chi connectivity index (χ0n) is 13.0. The van der Waals surface area contributed by atoms with Gasteiger partial charge in [-0.3, -0.25) is 0 Å². The van der Waals surface area contributed by atoms with Crippen molar-refractivity contribution in [2.75, 3.05) is 13.1 Å². The summed E-state index contributed by atoms with van der Waals surface area (Å²) >= 11 is 6.14. The van der Waals surface area contributed by atoms with Crippen LogP contribution in [-0.4, -0.2) is 18.0 Å². The summed E-state index contributed by atoms with van der Waals surface area (Å²) in [5.74, 6) is 0. The maximum absolute atomic E-state index is 6.14. The highest BCUT2D eigenvalue weighted by Crippen LogP contribution is 2.29. The first-order valence-electron chi connectivity index (χ1n) is 7.37. The van der Waals surface area contributed by atoms with Crippen molar-refractivity contribution < 1.29 is 0 Å². The molecule has 0 saturated heterocycles. The van der Waals surface area contributed by atoms with Crippen LogP contribution in [0, 0.1) is 6.92 Å². The van der Waals surface area contributed by atoms with Crippen LogP contribution in [0.2, 0.25) is 5.02 Å². The van der Waals surface area contributed by atoms with Crippen LogP contribution in [0.25, 0.3) is 16.8 Å². The van der Waals surface area contributed by atoms with Gasteiger partial charge in [-0.25, -0.2) is 0 Å². The van der Waals surface area contributed by atoms with Crippen molar-refractivity contribution >= 4 is 17.3 Å². The summed E-state index contributed by atoms with van der Waals surface area (Å²) in [6, 6.07) is 14.5. The van der Waals surface area contributed by atoms with E-state index in [9.17, 15) is 0 Å². The van der Waals surface area contributed by atoms with Gasteiger partial charge in [-0.15, -0.1) is 0 Å². The van der Waals surface area contributed by atoms with E-state index in [2.05, 4.69) is 62.6 Å². The molecule has 0 aliphatic rings. The first-order valence-corrected chi connectivity index (χ1v) is 7.75. The first kappa shape index (κ1) is 15.7. The number of halogens is 1. The molecule has 0 spiro atoms. The number of aryl methyl sites for hydroxylation is 1. The van der Waals surface area contributed by atoms with E-state index >= 15 is 0 Å². The van der Waals surface area contributed by atoms with Gasteiger partial charge in [0.05, 0.1) is 0 Å². The fraction of sp³-hybridized carbons (Fsp3) is 0.263. The Labute approximate surface area is 132 Å². The molecular weight excluding hydrogens is 278 g/mol. The number of hydrogen-bond acceptors (Lipinski definition) is 1. The third-order valence-corrected chi connectivity index (χ3v) is 4.09. The monoisotopic (exact) mass is 299 g/mol. The summed E-state index contributed by atoms with van der Waals surface area (Å²) in [5.41, 5.74) is 5.82. The van der Waals surface area contributed by atoms with Crippen molar-refractivity contribution in [1.29, 1.82) is 0 Å². The lowest BCUT2D eigenvalue weighted by atomic mass is 9.98. The quantitative estimate of drug-likeness (QED) is 0.692. The van der Waals surface area contributed by atoms with Crippen LogP contribution in [0.3, 0.4) is 0 Å². The van der Waals surface area contributed by atoms with Crippen molar-refractivity contribution in [3.05, 3.63) is 65.2 Å². The number of nitrogens with zero attached hydrogens (tertiary/aromatic N) is 1. The molecule has 0 unspecified atom stereocenters. The van der Waals surface area contributed by atoms with Gasteiger partial charge in [-0.2, -0.15) is 0 Å². The van der Waals surface area contributed by atoms with E-state index in [-0.39, 0.29) is 0 Å². The van der Waals surface area contributed by atoms with Gasteiger partial charge < -0.3 is 4.90 Å². The smallest absolute Gasteiger partial charge is 0.0412 e. The molecule has 0 aliphatic carbocycles. The molecule has 0 aliphatic heterocycles. The molecule has 0 atom stereocenters. The fourth-order valence-corrected chi connectivity index (χ4v) is 2.73. The lowest BCUT2D eigenvalue weighted by Crippen LogP contribution is -2.20. The summed E-state index contributed by atoms with van der Waals surface area (Å²) in [7, 11) is 0. The molecule has 0 radical (unpaired) electrons. The second kappa shape index (κ2) is 6.82. The maximum Gasteiger partial charge on any atom is 0.0412 e. The molecular formula is C19H22ClN. The van der Waals surface area contributed by atoms with Crippen LogP contribution in [0.1, 0.15) is 25.0 Å².